The summed E-state index contributed by atoms with van der Waals surface area (Å²) < 4.78 is 7.41. The molecule has 0 aliphatic carbocycles. The van der Waals surface area contributed by atoms with E-state index in [9.17, 15) is 9.90 Å². The van der Waals surface area contributed by atoms with Crippen LogP contribution in [-0.4, -0.2) is 58.5 Å². The van der Waals surface area contributed by atoms with E-state index < -0.39 is 6.10 Å². The van der Waals surface area contributed by atoms with E-state index in [2.05, 4.69) is 9.88 Å². The van der Waals surface area contributed by atoms with Crippen LogP contribution in [0, 0.1) is 0 Å². The van der Waals surface area contributed by atoms with Crippen LogP contribution in [0.15, 0.2) is 41.5 Å². The van der Waals surface area contributed by atoms with Crippen molar-refractivity contribution in [2.75, 3.05) is 32.8 Å². The number of fused-ring (bicyclic) bond motifs is 1. The number of hydrogen-bond donors (Lipinski definition) is 1. The Morgan fingerprint density at radius 1 is 1.22 bits per heavy atom. The molecule has 4 rings (SSSR count). The van der Waals surface area contributed by atoms with E-state index in [1.54, 1.807) is 0 Å². The Bertz CT molecular complexity index is 980. The summed E-state index contributed by atoms with van der Waals surface area (Å²) in [6.07, 6.45) is 0.890. The van der Waals surface area contributed by atoms with Gasteiger partial charge in [-0.15, -0.1) is 11.3 Å². The lowest BCUT2D eigenvalue weighted by Gasteiger charge is -2.28. The number of ether oxygens (including phenoxy) is 1. The van der Waals surface area contributed by atoms with Crippen molar-refractivity contribution in [2.24, 2.45) is 0 Å². The van der Waals surface area contributed by atoms with Gasteiger partial charge in [-0.1, -0.05) is 23.7 Å². The summed E-state index contributed by atoms with van der Waals surface area (Å²) in [7, 11) is 0. The summed E-state index contributed by atoms with van der Waals surface area (Å²) in [6.45, 7) is 3.73. The number of thiophene rings is 1. The molecular weight excluding hydrogens is 386 g/mol. The van der Waals surface area contributed by atoms with Crippen LogP contribution in [0.2, 0.25) is 5.02 Å². The molecule has 1 saturated heterocycles. The summed E-state index contributed by atoms with van der Waals surface area (Å²) in [6, 6.07) is 9.43. The molecule has 2 aromatic heterocycles. The molecule has 0 bridgehead atoms. The number of aliphatic hydroxyl groups is 1. The van der Waals surface area contributed by atoms with Crippen LogP contribution in [0.25, 0.3) is 20.7 Å². The van der Waals surface area contributed by atoms with Crippen LogP contribution in [0.3, 0.4) is 0 Å². The van der Waals surface area contributed by atoms with Gasteiger partial charge in [-0.2, -0.15) is 0 Å². The highest BCUT2D eigenvalue weighted by atomic mass is 35.5. The summed E-state index contributed by atoms with van der Waals surface area (Å²) in [5, 5.41) is 11.1. The maximum Gasteiger partial charge on any atom is 0.271 e. The molecule has 27 heavy (non-hydrogen) atoms. The number of morpholine rings is 1. The molecule has 0 saturated carbocycles. The van der Waals surface area contributed by atoms with Crippen LogP contribution in [0.5, 0.6) is 0 Å². The number of benzene rings is 1. The van der Waals surface area contributed by atoms with E-state index in [-0.39, 0.29) is 12.1 Å². The largest absolute Gasteiger partial charge is 0.390 e. The molecule has 1 aliphatic heterocycles. The first kappa shape index (κ1) is 18.6. The number of aromatic nitrogens is 2. The van der Waals surface area contributed by atoms with Crippen molar-refractivity contribution in [1.82, 2.24) is 14.5 Å². The number of aliphatic hydroxyl groups excluding tert-OH is 1. The number of hydrogen-bond acceptors (Lipinski definition) is 6. The number of nitrogens with zero attached hydrogens (tertiary/aromatic N) is 3. The van der Waals surface area contributed by atoms with Crippen molar-refractivity contribution < 1.29 is 9.84 Å². The molecule has 8 heteroatoms. The fraction of sp³-hybridized carbons (Fsp3) is 0.368. The third-order valence-corrected chi connectivity index (χ3v) is 6.03. The zero-order valence-electron chi connectivity index (χ0n) is 14.7. The van der Waals surface area contributed by atoms with Crippen molar-refractivity contribution in [2.45, 2.75) is 12.6 Å². The Morgan fingerprint density at radius 2 is 1.96 bits per heavy atom. The minimum Gasteiger partial charge on any atom is -0.390 e. The molecule has 0 radical (unpaired) electrons. The Hall–Kier alpha value is -1.77. The van der Waals surface area contributed by atoms with Gasteiger partial charge in [-0.25, -0.2) is 4.98 Å². The van der Waals surface area contributed by atoms with Gasteiger partial charge in [0.15, 0.2) is 0 Å². The van der Waals surface area contributed by atoms with Gasteiger partial charge >= 0.3 is 0 Å². The lowest BCUT2D eigenvalue weighted by atomic mass is 10.2. The highest BCUT2D eigenvalue weighted by Crippen LogP contribution is 2.31. The number of β-amino-alcohol motifs (C(OH)–C–C–N with tert-alkyl or cyclic N) is 1. The fourth-order valence-electron chi connectivity index (χ4n) is 3.20. The second-order valence-corrected chi connectivity index (χ2v) is 8.09. The van der Waals surface area contributed by atoms with Crippen LogP contribution in [0.1, 0.15) is 0 Å². The molecule has 1 N–H and O–H groups in total. The third-order valence-electron chi connectivity index (χ3n) is 4.61. The van der Waals surface area contributed by atoms with Gasteiger partial charge in [0.25, 0.3) is 5.56 Å². The SMILES string of the molecule is O=c1c2sc(-c3ccc(Cl)cc3)cc2ncn1C[C@@H](O)CN1CCOCC1. The minimum absolute atomic E-state index is 0.119. The average molecular weight is 406 g/mol. The number of rotatable bonds is 5. The molecule has 0 amide bonds. The van der Waals surface area contributed by atoms with Crippen LogP contribution >= 0.6 is 22.9 Å². The average Bonchev–Trinajstić information content (AvgIpc) is 3.10. The minimum atomic E-state index is -0.629. The first-order valence-corrected chi connectivity index (χ1v) is 10.0. The van der Waals surface area contributed by atoms with E-state index >= 15 is 0 Å². The van der Waals surface area contributed by atoms with Gasteiger partial charge in [0.2, 0.25) is 0 Å². The summed E-state index contributed by atoms with van der Waals surface area (Å²) in [5.41, 5.74) is 1.56. The molecule has 3 aromatic rings. The first-order chi connectivity index (χ1) is 13.1. The molecular formula is C19H20ClN3O3S. The highest BCUT2D eigenvalue weighted by Gasteiger charge is 2.17. The second kappa shape index (κ2) is 8.08. The standard InChI is InChI=1S/C19H20ClN3O3S/c20-14-3-1-13(2-4-14)17-9-16-18(27-17)19(25)23(12-21-16)11-15(24)10-22-5-7-26-8-6-22/h1-4,9,12,15,24H,5-8,10-11H2/t15-/m0/s1. The van der Waals surface area contributed by atoms with Gasteiger partial charge < -0.3 is 9.84 Å². The van der Waals surface area contributed by atoms with E-state index in [0.29, 0.717) is 35.0 Å². The van der Waals surface area contributed by atoms with E-state index in [0.717, 1.165) is 23.5 Å². The number of halogens is 1. The van der Waals surface area contributed by atoms with Gasteiger partial charge in [-0.3, -0.25) is 14.3 Å². The quantitative estimate of drug-likeness (QED) is 0.706. The molecule has 1 atom stereocenters. The Balaban J connectivity index is 1.54. The van der Waals surface area contributed by atoms with Crippen LogP contribution < -0.4 is 5.56 Å². The van der Waals surface area contributed by atoms with Crippen molar-refractivity contribution in [3.05, 3.63) is 52.0 Å². The van der Waals surface area contributed by atoms with Crippen molar-refractivity contribution in [3.63, 3.8) is 0 Å². The maximum atomic E-state index is 12.8. The summed E-state index contributed by atoms with van der Waals surface area (Å²) in [5.74, 6) is 0. The molecule has 6 nitrogen and oxygen atoms in total. The fourth-order valence-corrected chi connectivity index (χ4v) is 4.39. The summed E-state index contributed by atoms with van der Waals surface area (Å²) >= 11 is 7.36. The third kappa shape index (κ3) is 4.23. The predicted molar refractivity (Wildman–Crippen MR) is 108 cm³/mol. The smallest absolute Gasteiger partial charge is 0.271 e. The molecule has 0 spiro atoms. The van der Waals surface area contributed by atoms with E-state index in [1.807, 2.05) is 30.3 Å². The maximum absolute atomic E-state index is 12.8. The highest BCUT2D eigenvalue weighted by molar-refractivity contribution is 7.22. The topological polar surface area (TPSA) is 67.6 Å². The predicted octanol–water partition coefficient (Wildman–Crippen LogP) is 2.47. The molecule has 1 aromatic carbocycles. The Kier molecular flexibility index (Phi) is 5.56. The van der Waals surface area contributed by atoms with E-state index in [4.69, 9.17) is 16.3 Å². The monoisotopic (exact) mass is 405 g/mol. The van der Waals surface area contributed by atoms with Crippen molar-refractivity contribution in [1.29, 1.82) is 0 Å². The molecule has 142 valence electrons. The molecule has 1 aliphatic rings. The second-order valence-electron chi connectivity index (χ2n) is 6.60. The lowest BCUT2D eigenvalue weighted by Crippen LogP contribution is -2.42. The molecule has 0 unspecified atom stereocenters. The van der Waals surface area contributed by atoms with Gasteiger partial charge in [0, 0.05) is 29.5 Å². The summed E-state index contributed by atoms with van der Waals surface area (Å²) in [4.78, 5) is 20.3. The van der Waals surface area contributed by atoms with Crippen molar-refractivity contribution in [3.8, 4) is 10.4 Å². The van der Waals surface area contributed by atoms with Gasteiger partial charge in [0.1, 0.15) is 4.70 Å². The van der Waals surface area contributed by atoms with Gasteiger partial charge in [0.05, 0.1) is 37.7 Å². The van der Waals surface area contributed by atoms with Crippen molar-refractivity contribution >= 4 is 33.2 Å². The molecule has 3 heterocycles. The Labute approximate surface area is 165 Å². The van der Waals surface area contributed by atoms with Crippen LogP contribution in [0.4, 0.5) is 0 Å². The zero-order valence-corrected chi connectivity index (χ0v) is 16.2. The van der Waals surface area contributed by atoms with E-state index in [1.165, 1.54) is 22.2 Å². The Morgan fingerprint density at radius 3 is 2.70 bits per heavy atom. The first-order valence-electron chi connectivity index (χ1n) is 8.83. The van der Waals surface area contributed by atoms with Gasteiger partial charge in [-0.05, 0) is 23.8 Å². The van der Waals surface area contributed by atoms with Crippen LogP contribution in [-0.2, 0) is 11.3 Å². The lowest BCUT2D eigenvalue weighted by molar-refractivity contribution is 0.0113. The molecule has 1 fully saturated rings. The zero-order chi connectivity index (χ0) is 18.8. The normalized spacial score (nSPS) is 16.7.